The van der Waals surface area contributed by atoms with Crippen molar-refractivity contribution in [2.75, 3.05) is 25.0 Å². The van der Waals surface area contributed by atoms with Gasteiger partial charge in [-0.1, -0.05) is 6.92 Å². The summed E-state index contributed by atoms with van der Waals surface area (Å²) in [6.07, 6.45) is 2.08. The number of ether oxygens (including phenoxy) is 1. The summed E-state index contributed by atoms with van der Waals surface area (Å²) in [7, 11) is -3.51. The molecule has 1 fully saturated rings. The van der Waals surface area contributed by atoms with Crippen LogP contribution in [-0.2, 0) is 14.8 Å². The van der Waals surface area contributed by atoms with E-state index in [4.69, 9.17) is 4.74 Å². The summed E-state index contributed by atoms with van der Waals surface area (Å²) in [4.78, 5) is 11.8. The molecule has 0 atom stereocenters. The van der Waals surface area contributed by atoms with Gasteiger partial charge in [-0.15, -0.1) is 0 Å². The van der Waals surface area contributed by atoms with Crippen molar-refractivity contribution in [2.24, 2.45) is 0 Å². The van der Waals surface area contributed by atoms with Gasteiger partial charge in [0, 0.05) is 19.5 Å². The summed E-state index contributed by atoms with van der Waals surface area (Å²) in [6, 6.07) is 4.60. The molecule has 122 valence electrons. The minimum atomic E-state index is -3.51. The van der Waals surface area contributed by atoms with E-state index in [-0.39, 0.29) is 10.8 Å². The second-order valence-electron chi connectivity index (χ2n) is 5.10. The van der Waals surface area contributed by atoms with E-state index in [2.05, 4.69) is 5.32 Å². The van der Waals surface area contributed by atoms with Crippen molar-refractivity contribution in [3.63, 3.8) is 0 Å². The van der Waals surface area contributed by atoms with Gasteiger partial charge < -0.3 is 10.1 Å². The molecule has 7 heteroatoms. The fourth-order valence-corrected chi connectivity index (χ4v) is 3.91. The topological polar surface area (TPSA) is 75.7 Å². The van der Waals surface area contributed by atoms with Crippen LogP contribution in [-0.4, -0.2) is 38.3 Å². The minimum absolute atomic E-state index is 0.184. The van der Waals surface area contributed by atoms with Gasteiger partial charge in [0.2, 0.25) is 15.9 Å². The van der Waals surface area contributed by atoms with Crippen LogP contribution in [0.15, 0.2) is 23.1 Å². The van der Waals surface area contributed by atoms with Crippen molar-refractivity contribution < 1.29 is 17.9 Å². The molecule has 2 rings (SSSR count). The molecule has 0 aromatic heterocycles. The monoisotopic (exact) mass is 326 g/mol. The summed E-state index contributed by atoms with van der Waals surface area (Å²) in [5.74, 6) is 0.293. The molecule has 1 aromatic carbocycles. The Hall–Kier alpha value is -1.60. The minimum Gasteiger partial charge on any atom is -0.492 e. The molecule has 1 N–H and O–H groups in total. The van der Waals surface area contributed by atoms with Crippen LogP contribution in [0.1, 0.15) is 33.1 Å². The molecule has 0 radical (unpaired) electrons. The van der Waals surface area contributed by atoms with Crippen molar-refractivity contribution in [1.82, 2.24) is 4.31 Å². The Labute approximate surface area is 131 Å². The predicted molar refractivity (Wildman–Crippen MR) is 84.5 cm³/mol. The molecule has 0 saturated carbocycles. The van der Waals surface area contributed by atoms with E-state index in [1.807, 2.05) is 6.92 Å². The van der Waals surface area contributed by atoms with Crippen LogP contribution in [0, 0.1) is 0 Å². The van der Waals surface area contributed by atoms with Gasteiger partial charge in [0.05, 0.1) is 17.2 Å². The van der Waals surface area contributed by atoms with E-state index in [9.17, 15) is 13.2 Å². The van der Waals surface area contributed by atoms with Crippen LogP contribution in [0.3, 0.4) is 0 Å². The van der Waals surface area contributed by atoms with Crippen LogP contribution in [0.4, 0.5) is 5.69 Å². The first-order valence-electron chi connectivity index (χ1n) is 7.56. The van der Waals surface area contributed by atoms with Gasteiger partial charge in [0.15, 0.2) is 0 Å². The van der Waals surface area contributed by atoms with Crippen LogP contribution < -0.4 is 10.1 Å². The lowest BCUT2D eigenvalue weighted by molar-refractivity contribution is -0.115. The number of hydrogen-bond donors (Lipinski definition) is 1. The van der Waals surface area contributed by atoms with Gasteiger partial charge in [0.25, 0.3) is 0 Å². The number of nitrogens with zero attached hydrogens (tertiary/aromatic N) is 1. The average molecular weight is 326 g/mol. The highest BCUT2D eigenvalue weighted by molar-refractivity contribution is 7.89. The second-order valence-corrected chi connectivity index (χ2v) is 7.04. The van der Waals surface area contributed by atoms with Gasteiger partial charge in [-0.25, -0.2) is 8.42 Å². The van der Waals surface area contributed by atoms with Gasteiger partial charge in [-0.3, -0.25) is 4.79 Å². The molecule has 0 aliphatic carbocycles. The Morgan fingerprint density at radius 3 is 2.55 bits per heavy atom. The van der Waals surface area contributed by atoms with Crippen molar-refractivity contribution in [3.8, 4) is 5.75 Å². The van der Waals surface area contributed by atoms with Crippen molar-refractivity contribution in [3.05, 3.63) is 18.2 Å². The summed E-state index contributed by atoms with van der Waals surface area (Å²) >= 11 is 0. The Morgan fingerprint density at radius 1 is 1.27 bits per heavy atom. The van der Waals surface area contributed by atoms with Crippen LogP contribution >= 0.6 is 0 Å². The molecule has 1 aromatic rings. The first-order chi connectivity index (χ1) is 10.5. The van der Waals surface area contributed by atoms with Gasteiger partial charge in [-0.05, 0) is 38.0 Å². The lowest BCUT2D eigenvalue weighted by atomic mass is 10.3. The third-order valence-electron chi connectivity index (χ3n) is 3.55. The van der Waals surface area contributed by atoms with E-state index in [1.165, 1.54) is 16.4 Å². The van der Waals surface area contributed by atoms with Gasteiger partial charge in [0.1, 0.15) is 5.75 Å². The smallest absolute Gasteiger partial charge is 0.243 e. The fraction of sp³-hybridized carbons (Fsp3) is 0.533. The van der Waals surface area contributed by atoms with E-state index in [0.717, 1.165) is 12.8 Å². The molecule has 1 saturated heterocycles. The number of carbonyl (C=O) groups excluding carboxylic acids is 1. The summed E-state index contributed by atoms with van der Waals surface area (Å²) in [5.41, 5.74) is 0.397. The Morgan fingerprint density at radius 2 is 1.95 bits per heavy atom. The molecular weight excluding hydrogens is 304 g/mol. The van der Waals surface area contributed by atoms with E-state index >= 15 is 0 Å². The highest BCUT2D eigenvalue weighted by atomic mass is 32.2. The van der Waals surface area contributed by atoms with Gasteiger partial charge >= 0.3 is 0 Å². The lowest BCUT2D eigenvalue weighted by Gasteiger charge is -2.17. The molecule has 6 nitrogen and oxygen atoms in total. The van der Waals surface area contributed by atoms with Gasteiger partial charge in [-0.2, -0.15) is 4.31 Å². The van der Waals surface area contributed by atoms with E-state index in [1.54, 1.807) is 13.0 Å². The van der Waals surface area contributed by atoms with Crippen molar-refractivity contribution in [2.45, 2.75) is 38.0 Å². The number of carbonyl (C=O) groups is 1. The second kappa shape index (κ2) is 7.11. The molecule has 0 bridgehead atoms. The number of nitrogens with one attached hydrogen (secondary N) is 1. The van der Waals surface area contributed by atoms with Crippen LogP contribution in [0.25, 0.3) is 0 Å². The highest BCUT2D eigenvalue weighted by Crippen LogP contribution is 2.30. The van der Waals surface area contributed by atoms with Crippen LogP contribution in [0.2, 0.25) is 0 Å². The Bertz CT molecular complexity index is 637. The summed E-state index contributed by atoms with van der Waals surface area (Å²) < 4.78 is 32.1. The third kappa shape index (κ3) is 3.59. The maximum absolute atomic E-state index is 12.6. The average Bonchev–Trinajstić information content (AvgIpc) is 3.04. The summed E-state index contributed by atoms with van der Waals surface area (Å²) in [6.45, 7) is 5.10. The van der Waals surface area contributed by atoms with Crippen molar-refractivity contribution in [1.29, 1.82) is 0 Å². The molecule has 0 spiro atoms. The largest absolute Gasteiger partial charge is 0.492 e. The zero-order valence-electron chi connectivity index (χ0n) is 13.0. The maximum atomic E-state index is 12.6. The molecular formula is C15H22N2O4S. The third-order valence-corrected chi connectivity index (χ3v) is 5.44. The molecule has 1 amide bonds. The number of amides is 1. The van der Waals surface area contributed by atoms with E-state index < -0.39 is 10.0 Å². The predicted octanol–water partition coefficient (Wildman–Crippen LogP) is 2.22. The van der Waals surface area contributed by atoms with Crippen molar-refractivity contribution >= 4 is 21.6 Å². The van der Waals surface area contributed by atoms with Crippen LogP contribution in [0.5, 0.6) is 5.75 Å². The first kappa shape index (κ1) is 16.8. The summed E-state index contributed by atoms with van der Waals surface area (Å²) in [5, 5.41) is 2.70. The number of hydrogen-bond acceptors (Lipinski definition) is 4. The zero-order chi connectivity index (χ0) is 16.2. The first-order valence-corrected chi connectivity index (χ1v) is 9.00. The number of anilines is 1. The number of rotatable bonds is 6. The molecule has 1 heterocycles. The Balaban J connectivity index is 2.36. The lowest BCUT2D eigenvalue weighted by Crippen LogP contribution is -2.28. The zero-order valence-corrected chi connectivity index (χ0v) is 13.8. The van der Waals surface area contributed by atoms with E-state index in [0.29, 0.717) is 37.6 Å². The number of sulfonamides is 1. The molecule has 1 aliphatic rings. The quantitative estimate of drug-likeness (QED) is 0.869. The Kier molecular flexibility index (Phi) is 5.42. The molecule has 22 heavy (non-hydrogen) atoms. The number of benzene rings is 1. The maximum Gasteiger partial charge on any atom is 0.243 e. The molecule has 1 aliphatic heterocycles. The standard InChI is InChI=1S/C15H22N2O4S/c1-3-15(18)16-13-11-12(7-8-14(13)21-4-2)22(19,20)17-9-5-6-10-17/h7-8,11H,3-6,9-10H2,1-2H3,(H,16,18). The fourth-order valence-electron chi connectivity index (χ4n) is 2.36. The normalized spacial score (nSPS) is 15.7. The highest BCUT2D eigenvalue weighted by Gasteiger charge is 2.28. The molecule has 0 unspecified atom stereocenters. The SMILES string of the molecule is CCOc1ccc(S(=O)(=O)N2CCCC2)cc1NC(=O)CC.